The first-order valence-electron chi connectivity index (χ1n) is 6.87. The molecule has 1 heterocycles. The number of allylic oxidation sites excluding steroid dienone is 1. The van der Waals surface area contributed by atoms with E-state index in [2.05, 4.69) is 46.5 Å². The zero-order valence-electron chi connectivity index (χ0n) is 12.1. The molecule has 0 spiro atoms. The zero-order valence-corrected chi connectivity index (χ0v) is 12.9. The summed E-state index contributed by atoms with van der Waals surface area (Å²) in [6.07, 6.45) is 3.29. The third-order valence-electron chi connectivity index (χ3n) is 2.97. The van der Waals surface area contributed by atoms with Crippen molar-refractivity contribution in [1.82, 2.24) is 14.8 Å². The highest BCUT2D eigenvalue weighted by Gasteiger charge is 2.13. The Labute approximate surface area is 129 Å². The summed E-state index contributed by atoms with van der Waals surface area (Å²) in [7, 11) is 0. The fourth-order valence-corrected chi connectivity index (χ4v) is 2.89. The lowest BCUT2D eigenvalue weighted by Crippen LogP contribution is -2.01. The molecule has 0 aliphatic heterocycles. The largest absolute Gasteiger partial charge is 0.298 e. The lowest BCUT2D eigenvalue weighted by Gasteiger charge is -2.07. The smallest absolute Gasteiger partial charge is 0.191 e. The van der Waals surface area contributed by atoms with Crippen LogP contribution in [0.1, 0.15) is 18.4 Å². The Morgan fingerprint density at radius 2 is 2.29 bits per heavy atom. The van der Waals surface area contributed by atoms with Crippen molar-refractivity contribution < 1.29 is 0 Å². The van der Waals surface area contributed by atoms with Gasteiger partial charge in [0, 0.05) is 24.3 Å². The van der Waals surface area contributed by atoms with Crippen LogP contribution in [0, 0.1) is 18.3 Å². The summed E-state index contributed by atoms with van der Waals surface area (Å²) in [6.45, 7) is 6.55. The third-order valence-corrected chi connectivity index (χ3v) is 4.02. The molecule has 1 aromatic heterocycles. The van der Waals surface area contributed by atoms with Gasteiger partial charge in [-0.1, -0.05) is 41.6 Å². The van der Waals surface area contributed by atoms with E-state index in [0.29, 0.717) is 13.0 Å². The second-order valence-corrected chi connectivity index (χ2v) is 5.75. The molecular weight excluding hydrogens is 280 g/mol. The average molecular weight is 298 g/mol. The Hall–Kier alpha value is -2.06. The summed E-state index contributed by atoms with van der Waals surface area (Å²) in [4.78, 5) is 0. The minimum absolute atomic E-state index is 0.577. The summed E-state index contributed by atoms with van der Waals surface area (Å²) in [6, 6.07) is 10.4. The predicted molar refractivity (Wildman–Crippen MR) is 86.0 cm³/mol. The van der Waals surface area contributed by atoms with E-state index < -0.39 is 0 Å². The van der Waals surface area contributed by atoms with Gasteiger partial charge < -0.3 is 0 Å². The van der Waals surface area contributed by atoms with E-state index in [4.69, 9.17) is 5.26 Å². The molecule has 0 saturated carbocycles. The summed E-state index contributed by atoms with van der Waals surface area (Å²) in [5.74, 6) is 1.73. The van der Waals surface area contributed by atoms with Crippen LogP contribution in [0.25, 0.3) is 11.4 Å². The number of unbranched alkanes of at least 4 members (excludes halogenated alkanes) is 1. The molecule has 0 amide bonds. The van der Waals surface area contributed by atoms with Crippen molar-refractivity contribution in [2.45, 2.75) is 31.5 Å². The average Bonchev–Trinajstić information content (AvgIpc) is 2.87. The molecular formula is C16H18N4S. The highest BCUT2D eigenvalue weighted by molar-refractivity contribution is 7.99. The van der Waals surface area contributed by atoms with Crippen molar-refractivity contribution in [3.63, 3.8) is 0 Å². The van der Waals surface area contributed by atoms with Gasteiger partial charge in [-0.2, -0.15) is 5.26 Å². The lowest BCUT2D eigenvalue weighted by molar-refractivity contribution is 0.730. The normalized spacial score (nSPS) is 10.3. The maximum absolute atomic E-state index is 8.58. The summed E-state index contributed by atoms with van der Waals surface area (Å²) < 4.78 is 2.07. The van der Waals surface area contributed by atoms with Gasteiger partial charge in [-0.05, 0) is 19.4 Å². The second-order valence-electron chi connectivity index (χ2n) is 4.69. The van der Waals surface area contributed by atoms with E-state index >= 15 is 0 Å². The van der Waals surface area contributed by atoms with Crippen LogP contribution in [0.2, 0.25) is 0 Å². The number of hydrogen-bond donors (Lipinski definition) is 0. The lowest BCUT2D eigenvalue weighted by atomic mass is 10.1. The van der Waals surface area contributed by atoms with Crippen molar-refractivity contribution in [2.24, 2.45) is 0 Å². The first-order valence-corrected chi connectivity index (χ1v) is 7.85. The number of aromatic nitrogens is 3. The molecule has 108 valence electrons. The maximum atomic E-state index is 8.58. The Balaban J connectivity index is 2.24. The molecule has 0 atom stereocenters. The number of hydrogen-bond acceptors (Lipinski definition) is 4. The molecule has 0 aliphatic rings. The van der Waals surface area contributed by atoms with Crippen molar-refractivity contribution in [3.8, 4) is 17.5 Å². The van der Waals surface area contributed by atoms with E-state index in [-0.39, 0.29) is 0 Å². The highest BCUT2D eigenvalue weighted by Crippen LogP contribution is 2.25. The molecule has 0 saturated heterocycles. The van der Waals surface area contributed by atoms with E-state index in [0.717, 1.165) is 28.7 Å². The van der Waals surface area contributed by atoms with E-state index in [1.54, 1.807) is 11.8 Å². The molecule has 0 N–H and O–H groups in total. The number of rotatable bonds is 7. The van der Waals surface area contributed by atoms with Gasteiger partial charge in [-0.25, -0.2) is 0 Å². The van der Waals surface area contributed by atoms with Gasteiger partial charge in [0.05, 0.1) is 6.07 Å². The van der Waals surface area contributed by atoms with Crippen LogP contribution >= 0.6 is 11.8 Å². The minimum atomic E-state index is 0.577. The van der Waals surface area contributed by atoms with Gasteiger partial charge in [0.15, 0.2) is 11.0 Å². The van der Waals surface area contributed by atoms with Crippen LogP contribution in [-0.4, -0.2) is 20.5 Å². The molecule has 0 radical (unpaired) electrons. The quantitative estimate of drug-likeness (QED) is 0.443. The number of nitrogens with zero attached hydrogens (tertiary/aromatic N) is 4. The monoisotopic (exact) mass is 298 g/mol. The van der Waals surface area contributed by atoms with Gasteiger partial charge in [0.25, 0.3) is 0 Å². The number of thioether (sulfide) groups is 1. The van der Waals surface area contributed by atoms with E-state index in [9.17, 15) is 0 Å². The van der Waals surface area contributed by atoms with Crippen molar-refractivity contribution in [1.29, 1.82) is 5.26 Å². The van der Waals surface area contributed by atoms with Crippen LogP contribution in [-0.2, 0) is 6.54 Å². The molecule has 0 aliphatic carbocycles. The number of aryl methyl sites for hydroxylation is 1. The van der Waals surface area contributed by atoms with Crippen LogP contribution in [0.15, 0.2) is 42.1 Å². The Kier molecular flexibility index (Phi) is 5.59. The molecule has 2 aromatic rings. The van der Waals surface area contributed by atoms with Gasteiger partial charge >= 0.3 is 0 Å². The summed E-state index contributed by atoms with van der Waals surface area (Å²) in [5, 5.41) is 18.1. The minimum Gasteiger partial charge on any atom is -0.298 e. The molecule has 4 nitrogen and oxygen atoms in total. The van der Waals surface area contributed by atoms with Crippen LogP contribution in [0.5, 0.6) is 0 Å². The second kappa shape index (κ2) is 7.65. The van der Waals surface area contributed by atoms with Crippen LogP contribution in [0.3, 0.4) is 0 Å². The fraction of sp³-hybridized carbons (Fsp3) is 0.312. The van der Waals surface area contributed by atoms with Gasteiger partial charge in [0.2, 0.25) is 0 Å². The van der Waals surface area contributed by atoms with Crippen LogP contribution < -0.4 is 0 Å². The Morgan fingerprint density at radius 1 is 1.43 bits per heavy atom. The Bertz CT molecular complexity index is 655. The first kappa shape index (κ1) is 15.3. The first-order chi connectivity index (χ1) is 10.3. The van der Waals surface area contributed by atoms with Gasteiger partial charge in [0.1, 0.15) is 0 Å². The van der Waals surface area contributed by atoms with Crippen LogP contribution in [0.4, 0.5) is 0 Å². The summed E-state index contributed by atoms with van der Waals surface area (Å²) in [5.41, 5.74) is 2.26. The van der Waals surface area contributed by atoms with Gasteiger partial charge in [-0.3, -0.25) is 4.57 Å². The fourth-order valence-electron chi connectivity index (χ4n) is 2.00. The molecule has 0 fully saturated rings. The molecule has 5 heteroatoms. The molecule has 21 heavy (non-hydrogen) atoms. The maximum Gasteiger partial charge on any atom is 0.191 e. The molecule has 1 aromatic carbocycles. The summed E-state index contributed by atoms with van der Waals surface area (Å²) >= 11 is 1.64. The number of benzene rings is 1. The predicted octanol–water partition coefficient (Wildman–Crippen LogP) is 3.84. The van der Waals surface area contributed by atoms with Crippen molar-refractivity contribution >= 4 is 11.8 Å². The van der Waals surface area contributed by atoms with E-state index in [1.807, 2.05) is 18.2 Å². The SMILES string of the molecule is C=CCn1c(SCCCC#N)nnc1-c1cccc(C)c1. The standard InChI is InChI=1S/C16H18N4S/c1-3-10-20-15(14-8-6-7-13(2)12-14)18-19-16(20)21-11-5-4-9-17/h3,6-8,12H,1,4-5,10-11H2,2H3. The number of nitriles is 1. The zero-order chi connectivity index (χ0) is 15.1. The third kappa shape index (κ3) is 3.96. The molecule has 2 rings (SSSR count). The topological polar surface area (TPSA) is 54.5 Å². The van der Waals surface area contributed by atoms with Crippen molar-refractivity contribution in [3.05, 3.63) is 42.5 Å². The van der Waals surface area contributed by atoms with Gasteiger partial charge in [-0.15, -0.1) is 16.8 Å². The van der Waals surface area contributed by atoms with E-state index in [1.165, 1.54) is 5.56 Å². The molecule has 0 unspecified atom stereocenters. The van der Waals surface area contributed by atoms with Crippen molar-refractivity contribution in [2.75, 3.05) is 5.75 Å². The molecule has 0 bridgehead atoms. The Morgan fingerprint density at radius 3 is 3.00 bits per heavy atom. The highest BCUT2D eigenvalue weighted by atomic mass is 32.2.